The van der Waals surface area contributed by atoms with Crippen LogP contribution in [-0.4, -0.2) is 23.0 Å². The molecule has 0 spiro atoms. The Morgan fingerprint density at radius 1 is 1.05 bits per heavy atom. The zero-order valence-corrected chi connectivity index (χ0v) is 23.4. The summed E-state index contributed by atoms with van der Waals surface area (Å²) in [5, 5.41) is 6.65. The summed E-state index contributed by atoms with van der Waals surface area (Å²) in [6.45, 7) is 17.8. The summed E-state index contributed by atoms with van der Waals surface area (Å²) >= 11 is 0. The minimum Gasteiger partial charge on any atom is -0.457 e. The molecule has 3 aromatic heterocycles. The zero-order chi connectivity index (χ0) is 27.2. The van der Waals surface area contributed by atoms with Gasteiger partial charge in [-0.2, -0.15) is 0 Å². The van der Waals surface area contributed by atoms with E-state index in [0.29, 0.717) is 6.54 Å². The van der Waals surface area contributed by atoms with Crippen LogP contribution in [0.25, 0.3) is 16.8 Å². The van der Waals surface area contributed by atoms with Crippen LogP contribution in [0.3, 0.4) is 0 Å². The Morgan fingerprint density at radius 3 is 2.57 bits per heavy atom. The second kappa shape index (κ2) is 15.3. The zero-order valence-electron chi connectivity index (χ0n) is 23.4. The van der Waals surface area contributed by atoms with E-state index in [9.17, 15) is 0 Å². The predicted octanol–water partition coefficient (Wildman–Crippen LogP) is 8.12. The van der Waals surface area contributed by atoms with Crippen molar-refractivity contribution < 1.29 is 6.16 Å². The molecule has 5 nitrogen and oxygen atoms in total. The fourth-order valence-electron chi connectivity index (χ4n) is 3.85. The van der Waals surface area contributed by atoms with E-state index in [4.69, 9.17) is 4.74 Å². The van der Waals surface area contributed by atoms with Crippen molar-refractivity contribution in [3.8, 4) is 11.5 Å². The molecule has 2 N–H and O–H groups in total. The molecular weight excluding hydrogens is 456 g/mol. The van der Waals surface area contributed by atoms with Gasteiger partial charge in [0.2, 0.25) is 0 Å². The van der Waals surface area contributed by atoms with Crippen LogP contribution in [0.15, 0.2) is 85.8 Å². The minimum atomic E-state index is 0. The van der Waals surface area contributed by atoms with E-state index < -0.39 is 0 Å². The number of fused-ring (bicyclic) bond motifs is 1. The SMILES string of the molecule is C=C(NCc1ccn2cccc2c1)c1cccc(Oc2ccnc(/C(=C/C)CNC)c2)c1C.CC.CC.[HH]. The van der Waals surface area contributed by atoms with Crippen LogP contribution in [0.5, 0.6) is 11.5 Å². The summed E-state index contributed by atoms with van der Waals surface area (Å²) in [6.07, 6.45) is 7.98. The first kappa shape index (κ1) is 29.4. The molecule has 0 aliphatic rings. The second-order valence-electron chi connectivity index (χ2n) is 7.96. The Labute approximate surface area is 224 Å². The van der Waals surface area contributed by atoms with Crippen LogP contribution >= 0.6 is 0 Å². The van der Waals surface area contributed by atoms with Gasteiger partial charge in [0, 0.05) is 61.5 Å². The Morgan fingerprint density at radius 2 is 1.84 bits per heavy atom. The van der Waals surface area contributed by atoms with E-state index in [2.05, 4.69) is 70.1 Å². The average Bonchev–Trinajstić information content (AvgIpc) is 3.42. The molecule has 0 bridgehead atoms. The molecule has 4 rings (SSSR count). The molecule has 5 heteroatoms. The highest BCUT2D eigenvalue weighted by molar-refractivity contribution is 5.68. The first-order chi connectivity index (χ1) is 18.1. The number of ether oxygens (including phenoxy) is 1. The fraction of sp³-hybridized carbons (Fsp3) is 0.281. The third-order valence-electron chi connectivity index (χ3n) is 5.71. The van der Waals surface area contributed by atoms with Crippen molar-refractivity contribution in [2.24, 2.45) is 0 Å². The monoisotopic (exact) mass is 500 g/mol. The van der Waals surface area contributed by atoms with Crippen molar-refractivity contribution in [1.29, 1.82) is 0 Å². The van der Waals surface area contributed by atoms with Crippen LogP contribution in [0, 0.1) is 6.92 Å². The Hall–Kier alpha value is -3.83. The van der Waals surface area contributed by atoms with Crippen molar-refractivity contribution in [2.45, 2.75) is 48.1 Å². The van der Waals surface area contributed by atoms with Gasteiger partial charge in [-0.15, -0.1) is 0 Å². The number of allylic oxidation sites excluding steroid dienone is 1. The summed E-state index contributed by atoms with van der Waals surface area (Å²) in [4.78, 5) is 4.49. The average molecular weight is 501 g/mol. The number of aromatic nitrogens is 2. The summed E-state index contributed by atoms with van der Waals surface area (Å²) in [6, 6.07) is 18.4. The molecule has 3 heterocycles. The number of pyridine rings is 2. The van der Waals surface area contributed by atoms with Crippen molar-refractivity contribution in [1.82, 2.24) is 20.0 Å². The summed E-state index contributed by atoms with van der Waals surface area (Å²) in [5.41, 5.74) is 7.37. The lowest BCUT2D eigenvalue weighted by atomic mass is 10.0. The molecular formula is C32H44N4O. The highest BCUT2D eigenvalue weighted by Crippen LogP contribution is 2.30. The Bertz CT molecular complexity index is 1310. The maximum absolute atomic E-state index is 6.26. The maximum atomic E-state index is 6.26. The number of nitrogens with zero attached hydrogens (tertiary/aromatic N) is 2. The van der Waals surface area contributed by atoms with E-state index in [-0.39, 0.29) is 1.43 Å². The molecule has 198 valence electrons. The van der Waals surface area contributed by atoms with Gasteiger partial charge in [-0.1, -0.05) is 52.5 Å². The Kier molecular flexibility index (Phi) is 12.2. The van der Waals surface area contributed by atoms with Crippen molar-refractivity contribution >= 4 is 16.8 Å². The van der Waals surface area contributed by atoms with Gasteiger partial charge in [0.05, 0.1) is 5.69 Å². The fourth-order valence-corrected chi connectivity index (χ4v) is 3.85. The van der Waals surface area contributed by atoms with Gasteiger partial charge >= 0.3 is 0 Å². The number of hydrogen-bond acceptors (Lipinski definition) is 4. The van der Waals surface area contributed by atoms with Gasteiger partial charge in [0.25, 0.3) is 0 Å². The van der Waals surface area contributed by atoms with Crippen LogP contribution in [0.1, 0.15) is 58.4 Å². The minimum absolute atomic E-state index is 0. The highest BCUT2D eigenvalue weighted by atomic mass is 16.5. The van der Waals surface area contributed by atoms with E-state index >= 15 is 0 Å². The lowest BCUT2D eigenvalue weighted by Crippen LogP contribution is -2.12. The largest absolute Gasteiger partial charge is 0.457 e. The van der Waals surface area contributed by atoms with Crippen LogP contribution < -0.4 is 15.4 Å². The first-order valence-corrected chi connectivity index (χ1v) is 13.1. The summed E-state index contributed by atoms with van der Waals surface area (Å²) in [7, 11) is 1.93. The lowest BCUT2D eigenvalue weighted by molar-refractivity contribution is 0.477. The van der Waals surface area contributed by atoms with E-state index in [1.165, 1.54) is 11.1 Å². The molecule has 0 atom stereocenters. The second-order valence-corrected chi connectivity index (χ2v) is 7.96. The molecule has 0 saturated heterocycles. The number of nitrogens with one attached hydrogen (secondary N) is 2. The molecule has 0 aliphatic carbocycles. The van der Waals surface area contributed by atoms with Gasteiger partial charge in [-0.3, -0.25) is 4.98 Å². The van der Waals surface area contributed by atoms with Crippen molar-refractivity contribution in [2.75, 3.05) is 13.6 Å². The summed E-state index contributed by atoms with van der Waals surface area (Å²) in [5.74, 6) is 1.56. The van der Waals surface area contributed by atoms with Crippen LogP contribution in [0.4, 0.5) is 0 Å². The molecule has 0 aliphatic heterocycles. The topological polar surface area (TPSA) is 50.6 Å². The van der Waals surface area contributed by atoms with Crippen molar-refractivity contribution in [3.05, 3.63) is 108 Å². The number of rotatable bonds is 9. The van der Waals surface area contributed by atoms with E-state index in [0.717, 1.165) is 46.1 Å². The molecule has 0 fully saturated rings. The predicted molar refractivity (Wildman–Crippen MR) is 161 cm³/mol. The number of hydrogen-bond donors (Lipinski definition) is 2. The smallest absolute Gasteiger partial charge is 0.131 e. The normalized spacial score (nSPS) is 10.6. The number of benzene rings is 1. The van der Waals surface area contributed by atoms with Gasteiger partial charge in [-0.25, -0.2) is 0 Å². The molecule has 0 amide bonds. The van der Waals surface area contributed by atoms with E-state index in [1.54, 1.807) is 6.20 Å². The molecule has 0 saturated carbocycles. The molecule has 4 aromatic rings. The van der Waals surface area contributed by atoms with Gasteiger partial charge in [-0.05, 0) is 68.4 Å². The first-order valence-electron chi connectivity index (χ1n) is 13.1. The van der Waals surface area contributed by atoms with Crippen LogP contribution in [-0.2, 0) is 6.54 Å². The Balaban J connectivity index is 0.00000138. The van der Waals surface area contributed by atoms with Crippen LogP contribution in [0.2, 0.25) is 0 Å². The third kappa shape index (κ3) is 7.83. The molecule has 0 unspecified atom stereocenters. The summed E-state index contributed by atoms with van der Waals surface area (Å²) < 4.78 is 8.36. The molecule has 0 radical (unpaired) electrons. The third-order valence-corrected chi connectivity index (χ3v) is 5.71. The van der Waals surface area contributed by atoms with Crippen molar-refractivity contribution in [3.63, 3.8) is 0 Å². The quantitative estimate of drug-likeness (QED) is 0.244. The highest BCUT2D eigenvalue weighted by Gasteiger charge is 2.11. The van der Waals surface area contributed by atoms with Gasteiger partial charge in [0.15, 0.2) is 0 Å². The maximum Gasteiger partial charge on any atom is 0.131 e. The standard InChI is InChI=1S/C28H30N4O.2C2H6.H2/c1-5-23(19-29-4)27-17-25(11-13-30-27)33-28-10-6-9-26(20(28)2)21(3)31-18-22-12-15-32-14-7-8-24(32)16-22;2*1-2;/h5-17,29,31H,3,18-19H2,1-2,4H3;2*1-2H3;1H/b23-5+;;;. The van der Waals surface area contributed by atoms with Gasteiger partial charge < -0.3 is 19.8 Å². The molecule has 1 aromatic carbocycles. The molecule has 37 heavy (non-hydrogen) atoms. The van der Waals surface area contributed by atoms with E-state index in [1.807, 2.05) is 78.2 Å². The number of likely N-dealkylation sites (N-methyl/N-ethyl adjacent to an activating group) is 1. The lowest BCUT2D eigenvalue weighted by Gasteiger charge is -2.16. The van der Waals surface area contributed by atoms with Gasteiger partial charge in [0.1, 0.15) is 11.5 Å².